The van der Waals surface area contributed by atoms with Crippen LogP contribution in [0.4, 0.5) is 5.69 Å². The summed E-state index contributed by atoms with van der Waals surface area (Å²) in [5.74, 6) is 0.956. The molecule has 0 bridgehead atoms. The Labute approximate surface area is 105 Å². The maximum atomic E-state index is 6.03. The molecule has 0 aliphatic carbocycles. The molecule has 88 valence electrons. The van der Waals surface area contributed by atoms with E-state index in [-0.39, 0.29) is 6.10 Å². The summed E-state index contributed by atoms with van der Waals surface area (Å²) in [4.78, 5) is 2.62. The first-order valence-corrected chi connectivity index (χ1v) is 6.61. The van der Waals surface area contributed by atoms with Gasteiger partial charge in [0.25, 0.3) is 0 Å². The highest BCUT2D eigenvalue weighted by Crippen LogP contribution is 2.36. The second kappa shape index (κ2) is 4.08. The number of anilines is 1. The van der Waals surface area contributed by atoms with Gasteiger partial charge in [0, 0.05) is 9.75 Å². The zero-order valence-corrected chi connectivity index (χ0v) is 10.8. The van der Waals surface area contributed by atoms with E-state index in [0.29, 0.717) is 0 Å². The van der Waals surface area contributed by atoms with Crippen LogP contribution in [0.1, 0.15) is 21.4 Å². The number of aryl methyl sites for hydroxylation is 2. The van der Waals surface area contributed by atoms with Crippen molar-refractivity contribution in [2.24, 2.45) is 0 Å². The van der Waals surface area contributed by atoms with Crippen LogP contribution in [-0.2, 0) is 0 Å². The molecule has 1 atom stereocenters. The quantitative estimate of drug-likeness (QED) is 0.822. The number of thiophene rings is 1. The Morgan fingerprint density at radius 3 is 2.88 bits per heavy atom. The highest BCUT2D eigenvalue weighted by atomic mass is 32.1. The van der Waals surface area contributed by atoms with Gasteiger partial charge in [-0.1, -0.05) is 6.07 Å². The van der Waals surface area contributed by atoms with E-state index in [4.69, 9.17) is 4.74 Å². The van der Waals surface area contributed by atoms with E-state index in [9.17, 15) is 0 Å². The minimum Gasteiger partial charge on any atom is -0.481 e. The molecule has 1 unspecified atom stereocenters. The topological polar surface area (TPSA) is 21.3 Å². The van der Waals surface area contributed by atoms with Gasteiger partial charge in [0.15, 0.2) is 6.10 Å². The second-order valence-corrected chi connectivity index (χ2v) is 5.75. The van der Waals surface area contributed by atoms with E-state index in [1.54, 1.807) is 0 Å². The maximum Gasteiger partial charge on any atom is 0.150 e. The zero-order valence-electron chi connectivity index (χ0n) is 9.99. The zero-order chi connectivity index (χ0) is 11.8. The Morgan fingerprint density at radius 1 is 1.24 bits per heavy atom. The molecule has 2 aromatic rings. The third kappa shape index (κ3) is 2.03. The van der Waals surface area contributed by atoms with Gasteiger partial charge in [-0.2, -0.15) is 0 Å². The number of hydrogen-bond donors (Lipinski definition) is 1. The molecule has 2 nitrogen and oxygen atoms in total. The summed E-state index contributed by atoms with van der Waals surface area (Å²) in [6.07, 6.45) is 0.143. The first-order valence-electron chi connectivity index (χ1n) is 5.80. The van der Waals surface area contributed by atoms with Crippen molar-refractivity contribution < 1.29 is 4.74 Å². The van der Waals surface area contributed by atoms with Crippen molar-refractivity contribution in [2.45, 2.75) is 20.0 Å². The molecular weight excluding hydrogens is 230 g/mol. The van der Waals surface area contributed by atoms with Gasteiger partial charge in [-0.25, -0.2) is 0 Å². The maximum absolute atomic E-state index is 6.03. The van der Waals surface area contributed by atoms with Crippen molar-refractivity contribution in [1.29, 1.82) is 0 Å². The predicted molar refractivity (Wildman–Crippen MR) is 72.1 cm³/mol. The molecule has 0 saturated carbocycles. The van der Waals surface area contributed by atoms with Crippen molar-refractivity contribution >= 4 is 17.0 Å². The Balaban J connectivity index is 1.88. The van der Waals surface area contributed by atoms with E-state index in [0.717, 1.165) is 18.0 Å². The minimum absolute atomic E-state index is 0.143. The molecule has 0 radical (unpaired) electrons. The molecule has 0 spiro atoms. The van der Waals surface area contributed by atoms with Crippen LogP contribution in [-0.4, -0.2) is 6.54 Å². The third-order valence-electron chi connectivity index (χ3n) is 2.96. The van der Waals surface area contributed by atoms with Crippen LogP contribution in [0.15, 0.2) is 30.3 Å². The fraction of sp³-hybridized carbons (Fsp3) is 0.286. The van der Waals surface area contributed by atoms with Crippen LogP contribution in [0.5, 0.6) is 5.75 Å². The van der Waals surface area contributed by atoms with Crippen molar-refractivity contribution in [3.8, 4) is 5.75 Å². The van der Waals surface area contributed by atoms with Crippen molar-refractivity contribution in [3.63, 3.8) is 0 Å². The highest BCUT2D eigenvalue weighted by Gasteiger charge is 2.21. The molecule has 2 heterocycles. The molecule has 0 saturated heterocycles. The first-order chi connectivity index (χ1) is 8.22. The van der Waals surface area contributed by atoms with Crippen LogP contribution in [0.3, 0.4) is 0 Å². The van der Waals surface area contributed by atoms with Gasteiger partial charge in [0.1, 0.15) is 5.75 Å². The van der Waals surface area contributed by atoms with Crippen molar-refractivity contribution in [1.82, 2.24) is 0 Å². The molecule has 0 fully saturated rings. The Hall–Kier alpha value is -1.48. The summed E-state index contributed by atoms with van der Waals surface area (Å²) in [5, 5.41) is 3.44. The number of fused-ring (bicyclic) bond motifs is 1. The normalized spacial score (nSPS) is 18.1. The van der Waals surface area contributed by atoms with Crippen molar-refractivity contribution in [3.05, 3.63) is 45.6 Å². The fourth-order valence-corrected chi connectivity index (χ4v) is 2.97. The molecule has 3 heteroatoms. The lowest BCUT2D eigenvalue weighted by Crippen LogP contribution is -2.22. The van der Waals surface area contributed by atoms with Crippen LogP contribution >= 0.6 is 11.3 Å². The fourth-order valence-electron chi connectivity index (χ4n) is 2.07. The Morgan fingerprint density at radius 2 is 2.12 bits per heavy atom. The van der Waals surface area contributed by atoms with Gasteiger partial charge >= 0.3 is 0 Å². The summed E-state index contributed by atoms with van der Waals surface area (Å²) in [6.45, 7) is 5.06. The molecule has 1 aliphatic heterocycles. The number of nitrogens with one attached hydrogen (secondary N) is 1. The van der Waals surface area contributed by atoms with E-state index < -0.39 is 0 Å². The predicted octanol–water partition coefficient (Wildman–Crippen LogP) is 3.91. The van der Waals surface area contributed by atoms with Gasteiger partial charge in [0.2, 0.25) is 0 Å². The molecule has 1 N–H and O–H groups in total. The standard InChI is InChI=1S/C14H15NOS/c1-9-3-5-12-11(7-9)15-8-13(16-12)14-6-4-10(2)17-14/h3-7,13,15H,8H2,1-2H3. The molecule has 3 rings (SSSR count). The third-order valence-corrected chi connectivity index (χ3v) is 4.05. The van der Waals surface area contributed by atoms with Crippen LogP contribution in [0.2, 0.25) is 0 Å². The largest absolute Gasteiger partial charge is 0.481 e. The summed E-state index contributed by atoms with van der Waals surface area (Å²) < 4.78 is 6.03. The van der Waals surface area contributed by atoms with E-state index in [1.165, 1.54) is 15.3 Å². The van der Waals surface area contributed by atoms with Gasteiger partial charge in [-0.3, -0.25) is 0 Å². The molecule has 17 heavy (non-hydrogen) atoms. The average Bonchev–Trinajstić information content (AvgIpc) is 2.75. The summed E-state index contributed by atoms with van der Waals surface area (Å²) in [5.41, 5.74) is 2.36. The number of benzene rings is 1. The minimum atomic E-state index is 0.143. The van der Waals surface area contributed by atoms with Gasteiger partial charge in [-0.05, 0) is 43.7 Å². The molecule has 1 aliphatic rings. The molecule has 0 amide bonds. The van der Waals surface area contributed by atoms with Crippen LogP contribution in [0, 0.1) is 13.8 Å². The Kier molecular flexibility index (Phi) is 2.56. The Bertz CT molecular complexity index is 547. The second-order valence-electron chi connectivity index (χ2n) is 4.44. The summed E-state index contributed by atoms with van der Waals surface area (Å²) in [6, 6.07) is 10.6. The van der Waals surface area contributed by atoms with E-state index in [1.807, 2.05) is 17.4 Å². The lowest BCUT2D eigenvalue weighted by molar-refractivity contribution is 0.214. The van der Waals surface area contributed by atoms with E-state index >= 15 is 0 Å². The van der Waals surface area contributed by atoms with Crippen molar-refractivity contribution in [2.75, 3.05) is 11.9 Å². The number of rotatable bonds is 1. The molecule has 1 aromatic carbocycles. The highest BCUT2D eigenvalue weighted by molar-refractivity contribution is 7.12. The summed E-state index contributed by atoms with van der Waals surface area (Å²) in [7, 11) is 0. The molecular formula is C14H15NOS. The van der Waals surface area contributed by atoms with E-state index in [2.05, 4.69) is 43.4 Å². The van der Waals surface area contributed by atoms with Gasteiger partial charge in [-0.15, -0.1) is 11.3 Å². The SMILES string of the molecule is Cc1ccc2c(c1)NCC(c1ccc(C)s1)O2. The van der Waals surface area contributed by atoms with Crippen LogP contribution in [0.25, 0.3) is 0 Å². The number of ether oxygens (including phenoxy) is 1. The van der Waals surface area contributed by atoms with Gasteiger partial charge < -0.3 is 10.1 Å². The first kappa shape index (κ1) is 10.7. The van der Waals surface area contributed by atoms with Crippen LogP contribution < -0.4 is 10.1 Å². The lowest BCUT2D eigenvalue weighted by atomic mass is 10.1. The smallest absolute Gasteiger partial charge is 0.150 e. The molecule has 1 aromatic heterocycles. The average molecular weight is 245 g/mol. The summed E-state index contributed by atoms with van der Waals surface area (Å²) >= 11 is 1.81. The lowest BCUT2D eigenvalue weighted by Gasteiger charge is -2.27. The number of hydrogen-bond acceptors (Lipinski definition) is 3. The van der Waals surface area contributed by atoms with Gasteiger partial charge in [0.05, 0.1) is 12.2 Å². The monoisotopic (exact) mass is 245 g/mol.